The summed E-state index contributed by atoms with van der Waals surface area (Å²) in [7, 11) is 1.72. The van der Waals surface area contributed by atoms with Crippen molar-refractivity contribution in [3.05, 3.63) is 100 Å². The van der Waals surface area contributed by atoms with Crippen LogP contribution in [0.1, 0.15) is 24.0 Å². The normalized spacial score (nSPS) is 12.4. The van der Waals surface area contributed by atoms with Crippen LogP contribution in [0.15, 0.2) is 67.6 Å². The van der Waals surface area contributed by atoms with E-state index in [2.05, 4.69) is 30.6 Å². The smallest absolute Gasteiger partial charge is 0.333 e. The Kier molecular flexibility index (Phi) is 7.12. The van der Waals surface area contributed by atoms with Gasteiger partial charge in [0.15, 0.2) is 23.0 Å². The lowest BCUT2D eigenvalue weighted by Crippen LogP contribution is -2.36. The number of hydrogen-bond acceptors (Lipinski definition) is 7. The number of aromatic nitrogens is 11. The summed E-state index contributed by atoms with van der Waals surface area (Å²) in [6, 6.07) is 6.56. The lowest BCUT2D eigenvalue weighted by atomic mass is 10.0. The Morgan fingerprint density at radius 3 is 2.52 bits per heavy atom. The highest BCUT2D eigenvalue weighted by atomic mass is 35.5. The Hall–Kier alpha value is -4.76. The van der Waals surface area contributed by atoms with Gasteiger partial charge in [-0.05, 0) is 24.3 Å². The minimum absolute atomic E-state index is 0.00361. The van der Waals surface area contributed by atoms with Crippen LogP contribution in [0, 0.1) is 11.0 Å². The minimum Gasteiger partial charge on any atom is -0.618 e. The van der Waals surface area contributed by atoms with Crippen LogP contribution in [0.4, 0.5) is 13.2 Å². The summed E-state index contributed by atoms with van der Waals surface area (Å²) in [4.78, 5) is 4.22. The maximum Gasteiger partial charge on any atom is 0.333 e. The highest BCUT2D eigenvalue weighted by molar-refractivity contribution is 6.31. The SMILES string of the molecule is Cn1ncnc1-c1cnn([C@@H](Cc2ccn(C(F)F)n2)c2ccc(-c3c(-n4cc(Cl)nn4)ccc(Cl)c3F)c[n+]2[O-])c1. The molecule has 0 radical (unpaired) electrons. The molecule has 12 nitrogen and oxygen atoms in total. The average Bonchev–Trinajstić information content (AvgIpc) is 3.77. The van der Waals surface area contributed by atoms with Gasteiger partial charge in [-0.2, -0.15) is 28.8 Å². The predicted molar refractivity (Wildman–Crippen MR) is 143 cm³/mol. The van der Waals surface area contributed by atoms with Crippen molar-refractivity contribution in [3.63, 3.8) is 0 Å². The standard InChI is InChI=1S/C25H18Cl2F3N11O/c1-37-24(31-13-33-37)15-9-32-39(10-15)20(8-16-6-7-38(35-16)25(29)30)18-4-2-14(11-41(18)42)22-19(5-3-17(26)23(22)28)40-12-21(27)34-36-40/h2-7,9-13,20,25H,8H2,1H3/t20-/m0/s1. The molecule has 0 unspecified atom stereocenters. The van der Waals surface area contributed by atoms with Crippen molar-refractivity contribution >= 4 is 23.2 Å². The minimum atomic E-state index is -2.82. The van der Waals surface area contributed by atoms with Crippen LogP contribution in [-0.4, -0.2) is 49.3 Å². The zero-order valence-corrected chi connectivity index (χ0v) is 22.9. The number of hydrogen-bond donors (Lipinski definition) is 0. The molecule has 0 fully saturated rings. The molecule has 17 heteroatoms. The van der Waals surface area contributed by atoms with E-state index in [0.29, 0.717) is 26.5 Å². The Morgan fingerprint density at radius 2 is 1.86 bits per heavy atom. The van der Waals surface area contributed by atoms with Gasteiger partial charge in [0.1, 0.15) is 12.4 Å². The fourth-order valence-electron chi connectivity index (χ4n) is 4.57. The largest absolute Gasteiger partial charge is 0.618 e. The van der Waals surface area contributed by atoms with Gasteiger partial charge < -0.3 is 5.21 Å². The number of alkyl halides is 2. The van der Waals surface area contributed by atoms with Crippen molar-refractivity contribution in [1.82, 2.24) is 49.3 Å². The number of benzene rings is 1. The van der Waals surface area contributed by atoms with Gasteiger partial charge in [0.2, 0.25) is 5.69 Å². The molecule has 214 valence electrons. The van der Waals surface area contributed by atoms with E-state index in [9.17, 15) is 14.0 Å². The van der Waals surface area contributed by atoms with Crippen LogP contribution < -0.4 is 4.73 Å². The Bertz CT molecular complexity index is 1900. The van der Waals surface area contributed by atoms with E-state index in [1.54, 1.807) is 30.2 Å². The van der Waals surface area contributed by atoms with Crippen LogP contribution >= 0.6 is 23.2 Å². The first kappa shape index (κ1) is 27.4. The number of pyridine rings is 1. The fourth-order valence-corrected chi connectivity index (χ4v) is 4.86. The van der Waals surface area contributed by atoms with Crippen LogP contribution in [0.25, 0.3) is 28.2 Å². The molecule has 0 N–H and O–H groups in total. The Balaban J connectivity index is 1.44. The summed E-state index contributed by atoms with van der Waals surface area (Å²) in [6.45, 7) is -2.82. The zero-order chi connectivity index (χ0) is 29.5. The first-order valence-corrected chi connectivity index (χ1v) is 13.0. The van der Waals surface area contributed by atoms with Crippen molar-refractivity contribution in [2.45, 2.75) is 19.0 Å². The van der Waals surface area contributed by atoms with Gasteiger partial charge in [0, 0.05) is 31.9 Å². The summed E-state index contributed by atoms with van der Waals surface area (Å²) in [5, 5.41) is 33.5. The van der Waals surface area contributed by atoms with E-state index in [-0.39, 0.29) is 39.1 Å². The molecule has 0 aliphatic heterocycles. The number of rotatable bonds is 8. The van der Waals surface area contributed by atoms with Gasteiger partial charge in [-0.3, -0.25) is 4.68 Å². The van der Waals surface area contributed by atoms with Crippen molar-refractivity contribution in [1.29, 1.82) is 0 Å². The highest BCUT2D eigenvalue weighted by Gasteiger charge is 2.27. The second-order valence-corrected chi connectivity index (χ2v) is 9.91. The van der Waals surface area contributed by atoms with Gasteiger partial charge in [-0.25, -0.2) is 23.4 Å². The van der Waals surface area contributed by atoms with Gasteiger partial charge in [0.05, 0.1) is 45.5 Å². The molecule has 0 saturated heterocycles. The monoisotopic (exact) mass is 615 g/mol. The quantitative estimate of drug-likeness (QED) is 0.183. The van der Waals surface area contributed by atoms with Crippen LogP contribution in [0.3, 0.4) is 0 Å². The predicted octanol–water partition coefficient (Wildman–Crippen LogP) is 4.43. The van der Waals surface area contributed by atoms with E-state index < -0.39 is 18.4 Å². The average molecular weight is 616 g/mol. The third-order valence-electron chi connectivity index (χ3n) is 6.52. The maximum absolute atomic E-state index is 15.4. The number of aryl methyl sites for hydroxylation is 1. The van der Waals surface area contributed by atoms with E-state index in [1.807, 2.05) is 0 Å². The molecule has 42 heavy (non-hydrogen) atoms. The second kappa shape index (κ2) is 10.9. The molecular formula is C25H18Cl2F3N11O. The van der Waals surface area contributed by atoms with Crippen molar-refractivity contribution in [2.24, 2.45) is 7.05 Å². The molecule has 1 aromatic carbocycles. The maximum atomic E-state index is 15.4. The summed E-state index contributed by atoms with van der Waals surface area (Å²) < 4.78 is 47.2. The molecule has 5 aromatic heterocycles. The molecule has 6 aromatic rings. The molecule has 0 spiro atoms. The van der Waals surface area contributed by atoms with Gasteiger partial charge in [-0.1, -0.05) is 28.4 Å². The molecule has 5 heterocycles. The molecule has 0 bridgehead atoms. The van der Waals surface area contributed by atoms with Crippen LogP contribution in [0.5, 0.6) is 0 Å². The van der Waals surface area contributed by atoms with Gasteiger partial charge in [-0.15, -0.1) is 5.10 Å². The third-order valence-corrected chi connectivity index (χ3v) is 6.98. The summed E-state index contributed by atoms with van der Waals surface area (Å²) in [5.74, 6) is -0.243. The van der Waals surface area contributed by atoms with Crippen molar-refractivity contribution in [3.8, 4) is 28.2 Å². The number of halogens is 5. The van der Waals surface area contributed by atoms with Crippen molar-refractivity contribution < 1.29 is 17.9 Å². The fraction of sp³-hybridized carbons (Fsp3) is 0.160. The zero-order valence-electron chi connectivity index (χ0n) is 21.4. The summed E-state index contributed by atoms with van der Waals surface area (Å²) >= 11 is 12.0. The van der Waals surface area contributed by atoms with Crippen molar-refractivity contribution in [2.75, 3.05) is 0 Å². The topological polar surface area (TPSA) is 124 Å². The first-order chi connectivity index (χ1) is 20.2. The lowest BCUT2D eigenvalue weighted by Gasteiger charge is -2.18. The molecule has 6 rings (SSSR count). The molecule has 0 amide bonds. The molecule has 0 saturated carbocycles. The van der Waals surface area contributed by atoms with E-state index in [1.165, 1.54) is 52.4 Å². The second-order valence-electron chi connectivity index (χ2n) is 9.11. The van der Waals surface area contributed by atoms with Crippen LogP contribution in [-0.2, 0) is 13.5 Å². The lowest BCUT2D eigenvalue weighted by molar-refractivity contribution is -0.615. The van der Waals surface area contributed by atoms with E-state index in [0.717, 1.165) is 6.20 Å². The first-order valence-electron chi connectivity index (χ1n) is 12.2. The molecule has 0 aliphatic carbocycles. The van der Waals surface area contributed by atoms with Crippen LogP contribution in [0.2, 0.25) is 10.2 Å². The van der Waals surface area contributed by atoms with Gasteiger partial charge in [0.25, 0.3) is 0 Å². The summed E-state index contributed by atoms with van der Waals surface area (Å²) in [6.07, 6.45) is 8.36. The Labute approximate surface area is 244 Å². The Morgan fingerprint density at radius 1 is 1.02 bits per heavy atom. The molecule has 1 atom stereocenters. The highest BCUT2D eigenvalue weighted by Crippen LogP contribution is 2.34. The van der Waals surface area contributed by atoms with E-state index >= 15 is 4.39 Å². The molecular weight excluding hydrogens is 598 g/mol. The summed E-state index contributed by atoms with van der Waals surface area (Å²) in [5.41, 5.74) is 1.53. The third kappa shape index (κ3) is 5.07. The molecule has 0 aliphatic rings. The number of nitrogens with zero attached hydrogens (tertiary/aromatic N) is 11. The van der Waals surface area contributed by atoms with Gasteiger partial charge >= 0.3 is 6.55 Å². The van der Waals surface area contributed by atoms with E-state index in [4.69, 9.17) is 23.2 Å².